The van der Waals surface area contributed by atoms with Crippen molar-refractivity contribution >= 4 is 11.4 Å². The molecule has 1 heterocycles. The van der Waals surface area contributed by atoms with Crippen LogP contribution >= 0.6 is 0 Å². The lowest BCUT2D eigenvalue weighted by atomic mass is 10.1. The standard InChI is InChI=1S/C12H17N5/c1-9-7-10(13)4-5-11(9)14-6-2-3-12-15-8-16-17-12/h4-5,7-8,14H,2-3,6,13H2,1H3,(H,15,16,17). The number of hydrogen-bond donors (Lipinski definition) is 3. The second kappa shape index (κ2) is 5.34. The van der Waals surface area contributed by atoms with Crippen molar-refractivity contribution in [3.63, 3.8) is 0 Å². The SMILES string of the molecule is Cc1cc(N)ccc1NCCCc1ncn[nH]1. The van der Waals surface area contributed by atoms with E-state index >= 15 is 0 Å². The fourth-order valence-corrected chi connectivity index (χ4v) is 1.72. The molecule has 4 N–H and O–H groups in total. The molecule has 5 nitrogen and oxygen atoms in total. The third-order valence-electron chi connectivity index (χ3n) is 2.62. The average molecular weight is 231 g/mol. The molecule has 90 valence electrons. The quantitative estimate of drug-likeness (QED) is 0.541. The maximum absolute atomic E-state index is 5.70. The molecule has 0 aliphatic rings. The Balaban J connectivity index is 1.78. The number of aryl methyl sites for hydroxylation is 2. The molecule has 0 spiro atoms. The molecule has 1 aromatic carbocycles. The first-order chi connectivity index (χ1) is 8.25. The van der Waals surface area contributed by atoms with E-state index in [2.05, 4.69) is 27.4 Å². The molecule has 0 aliphatic carbocycles. The van der Waals surface area contributed by atoms with E-state index in [0.29, 0.717) is 0 Å². The summed E-state index contributed by atoms with van der Waals surface area (Å²) in [5.41, 5.74) is 8.81. The minimum absolute atomic E-state index is 0.801. The van der Waals surface area contributed by atoms with Crippen LogP contribution in [0.25, 0.3) is 0 Å². The van der Waals surface area contributed by atoms with Gasteiger partial charge in [-0.2, -0.15) is 5.10 Å². The maximum Gasteiger partial charge on any atom is 0.137 e. The van der Waals surface area contributed by atoms with Gasteiger partial charge < -0.3 is 11.1 Å². The fraction of sp³-hybridized carbons (Fsp3) is 0.333. The summed E-state index contributed by atoms with van der Waals surface area (Å²) < 4.78 is 0. The van der Waals surface area contributed by atoms with Gasteiger partial charge in [-0.15, -0.1) is 0 Å². The van der Waals surface area contributed by atoms with Gasteiger partial charge in [0, 0.05) is 24.3 Å². The number of nitrogens with two attached hydrogens (primary N) is 1. The normalized spacial score (nSPS) is 10.4. The molecule has 0 bridgehead atoms. The molecule has 17 heavy (non-hydrogen) atoms. The van der Waals surface area contributed by atoms with Gasteiger partial charge in [-0.3, -0.25) is 5.10 Å². The van der Waals surface area contributed by atoms with Gasteiger partial charge in [0.1, 0.15) is 12.2 Å². The molecule has 0 amide bonds. The number of nitrogens with one attached hydrogen (secondary N) is 2. The second-order valence-electron chi connectivity index (χ2n) is 4.04. The van der Waals surface area contributed by atoms with E-state index in [9.17, 15) is 0 Å². The molecule has 0 saturated heterocycles. The van der Waals surface area contributed by atoms with E-state index in [1.165, 1.54) is 11.9 Å². The molecule has 0 radical (unpaired) electrons. The van der Waals surface area contributed by atoms with Crippen molar-refractivity contribution in [2.45, 2.75) is 19.8 Å². The van der Waals surface area contributed by atoms with Gasteiger partial charge in [-0.05, 0) is 37.1 Å². The summed E-state index contributed by atoms with van der Waals surface area (Å²) in [5.74, 6) is 0.931. The van der Waals surface area contributed by atoms with Crippen LogP contribution in [-0.2, 0) is 6.42 Å². The number of nitrogen functional groups attached to an aromatic ring is 1. The third kappa shape index (κ3) is 3.21. The van der Waals surface area contributed by atoms with E-state index in [4.69, 9.17) is 5.73 Å². The number of H-pyrrole nitrogens is 1. The summed E-state index contributed by atoms with van der Waals surface area (Å²) in [6.45, 7) is 2.96. The smallest absolute Gasteiger partial charge is 0.137 e. The predicted molar refractivity (Wildman–Crippen MR) is 68.8 cm³/mol. The molecule has 0 atom stereocenters. The van der Waals surface area contributed by atoms with Gasteiger partial charge in [0.2, 0.25) is 0 Å². The molecule has 0 aliphatic heterocycles. The first kappa shape index (κ1) is 11.4. The minimum Gasteiger partial charge on any atom is -0.399 e. The maximum atomic E-state index is 5.70. The van der Waals surface area contributed by atoms with Crippen LogP contribution in [-0.4, -0.2) is 21.7 Å². The molecular weight excluding hydrogens is 214 g/mol. The van der Waals surface area contributed by atoms with Crippen molar-refractivity contribution in [2.24, 2.45) is 0 Å². The zero-order valence-electron chi connectivity index (χ0n) is 9.90. The Morgan fingerprint density at radius 2 is 2.29 bits per heavy atom. The molecule has 0 unspecified atom stereocenters. The number of anilines is 2. The molecule has 5 heteroatoms. The highest BCUT2D eigenvalue weighted by Crippen LogP contribution is 2.17. The van der Waals surface area contributed by atoms with Gasteiger partial charge in [-0.25, -0.2) is 4.98 Å². The summed E-state index contributed by atoms with van der Waals surface area (Å²) in [6, 6.07) is 5.89. The average Bonchev–Trinajstić information content (AvgIpc) is 2.79. The van der Waals surface area contributed by atoms with Crippen molar-refractivity contribution in [3.05, 3.63) is 35.9 Å². The number of aromatic amines is 1. The lowest BCUT2D eigenvalue weighted by Crippen LogP contribution is -2.05. The van der Waals surface area contributed by atoms with Crippen molar-refractivity contribution < 1.29 is 0 Å². The molecular formula is C12H17N5. The van der Waals surface area contributed by atoms with Gasteiger partial charge in [0.05, 0.1) is 0 Å². The van der Waals surface area contributed by atoms with Crippen LogP contribution < -0.4 is 11.1 Å². The van der Waals surface area contributed by atoms with Gasteiger partial charge >= 0.3 is 0 Å². The Morgan fingerprint density at radius 1 is 1.41 bits per heavy atom. The minimum atomic E-state index is 0.801. The lowest BCUT2D eigenvalue weighted by molar-refractivity contribution is 0.805. The van der Waals surface area contributed by atoms with E-state index in [0.717, 1.165) is 36.6 Å². The van der Waals surface area contributed by atoms with Crippen LogP contribution in [0.2, 0.25) is 0 Å². The number of rotatable bonds is 5. The predicted octanol–water partition coefficient (Wildman–Crippen LogP) is 1.74. The molecule has 0 saturated carbocycles. The molecule has 0 fully saturated rings. The zero-order chi connectivity index (χ0) is 12.1. The van der Waals surface area contributed by atoms with Crippen molar-refractivity contribution in [2.75, 3.05) is 17.6 Å². The highest BCUT2D eigenvalue weighted by atomic mass is 15.2. The Kier molecular flexibility index (Phi) is 3.59. The first-order valence-electron chi connectivity index (χ1n) is 5.70. The second-order valence-corrected chi connectivity index (χ2v) is 4.04. The van der Waals surface area contributed by atoms with Crippen LogP contribution in [0.15, 0.2) is 24.5 Å². The highest BCUT2D eigenvalue weighted by Gasteiger charge is 1.99. The van der Waals surface area contributed by atoms with Crippen LogP contribution in [0.3, 0.4) is 0 Å². The monoisotopic (exact) mass is 231 g/mol. The van der Waals surface area contributed by atoms with E-state index in [1.807, 2.05) is 18.2 Å². The summed E-state index contributed by atoms with van der Waals surface area (Å²) in [5, 5.41) is 10.0. The molecule has 1 aromatic heterocycles. The van der Waals surface area contributed by atoms with Gasteiger partial charge in [0.25, 0.3) is 0 Å². The number of hydrogen-bond acceptors (Lipinski definition) is 4. The number of aromatic nitrogens is 3. The fourth-order valence-electron chi connectivity index (χ4n) is 1.72. The summed E-state index contributed by atoms with van der Waals surface area (Å²) in [6.07, 6.45) is 3.45. The summed E-state index contributed by atoms with van der Waals surface area (Å²) in [4.78, 5) is 4.08. The largest absolute Gasteiger partial charge is 0.399 e. The van der Waals surface area contributed by atoms with Crippen LogP contribution in [0, 0.1) is 6.92 Å². The first-order valence-corrected chi connectivity index (χ1v) is 5.70. The Hall–Kier alpha value is -2.04. The summed E-state index contributed by atoms with van der Waals surface area (Å²) in [7, 11) is 0. The molecule has 2 aromatic rings. The number of nitrogens with zero attached hydrogens (tertiary/aromatic N) is 2. The van der Waals surface area contributed by atoms with Gasteiger partial charge in [-0.1, -0.05) is 0 Å². The van der Waals surface area contributed by atoms with Gasteiger partial charge in [0.15, 0.2) is 0 Å². The van der Waals surface area contributed by atoms with Crippen molar-refractivity contribution in [1.82, 2.24) is 15.2 Å². The molecule has 2 rings (SSSR count). The van der Waals surface area contributed by atoms with E-state index in [-0.39, 0.29) is 0 Å². The Morgan fingerprint density at radius 3 is 3.00 bits per heavy atom. The number of benzene rings is 1. The Bertz CT molecular complexity index is 464. The van der Waals surface area contributed by atoms with Crippen LogP contribution in [0.4, 0.5) is 11.4 Å². The Labute approximate surface area is 100 Å². The summed E-state index contributed by atoms with van der Waals surface area (Å²) >= 11 is 0. The third-order valence-corrected chi connectivity index (χ3v) is 2.62. The van der Waals surface area contributed by atoms with E-state index < -0.39 is 0 Å². The zero-order valence-corrected chi connectivity index (χ0v) is 9.90. The van der Waals surface area contributed by atoms with Crippen molar-refractivity contribution in [1.29, 1.82) is 0 Å². The van der Waals surface area contributed by atoms with Crippen LogP contribution in [0.5, 0.6) is 0 Å². The topological polar surface area (TPSA) is 79.6 Å². The van der Waals surface area contributed by atoms with E-state index in [1.54, 1.807) is 0 Å². The highest BCUT2D eigenvalue weighted by molar-refractivity contribution is 5.57. The lowest BCUT2D eigenvalue weighted by Gasteiger charge is -2.09. The van der Waals surface area contributed by atoms with Crippen LogP contribution in [0.1, 0.15) is 17.8 Å². The van der Waals surface area contributed by atoms with Crippen molar-refractivity contribution in [3.8, 4) is 0 Å².